The van der Waals surface area contributed by atoms with Crippen molar-refractivity contribution in [2.24, 2.45) is 0 Å². The SMILES string of the molecule is CC(=O)NCCNC(=O)CCC(=O)Nc1ccc(CC(=O)O)cc1. The largest absolute Gasteiger partial charge is 0.481 e. The molecular formula is C16H21N3O5. The highest BCUT2D eigenvalue weighted by molar-refractivity contribution is 5.93. The lowest BCUT2D eigenvalue weighted by atomic mass is 10.1. The maximum absolute atomic E-state index is 11.8. The van der Waals surface area contributed by atoms with Crippen LogP contribution < -0.4 is 16.0 Å². The molecule has 4 N–H and O–H groups in total. The number of carboxylic acid groups (broad SMARTS) is 1. The lowest BCUT2D eigenvalue weighted by Gasteiger charge is -2.07. The summed E-state index contributed by atoms with van der Waals surface area (Å²) >= 11 is 0. The standard InChI is InChI=1S/C16H21N3O5/c1-11(20)17-8-9-18-14(21)6-7-15(22)19-13-4-2-12(3-5-13)10-16(23)24/h2-5H,6-10H2,1H3,(H,17,20)(H,18,21)(H,19,22)(H,23,24). The topological polar surface area (TPSA) is 125 Å². The number of anilines is 1. The third kappa shape index (κ3) is 8.52. The molecule has 0 fully saturated rings. The van der Waals surface area contributed by atoms with E-state index >= 15 is 0 Å². The van der Waals surface area contributed by atoms with Gasteiger partial charge in [0.1, 0.15) is 0 Å². The molecule has 0 saturated heterocycles. The number of amides is 3. The summed E-state index contributed by atoms with van der Waals surface area (Å²) in [5.74, 6) is -1.67. The number of benzene rings is 1. The predicted molar refractivity (Wildman–Crippen MR) is 87.3 cm³/mol. The zero-order valence-electron chi connectivity index (χ0n) is 13.4. The van der Waals surface area contributed by atoms with Gasteiger partial charge in [0.25, 0.3) is 0 Å². The number of carbonyl (C=O) groups excluding carboxylic acids is 3. The summed E-state index contributed by atoms with van der Waals surface area (Å²) in [4.78, 5) is 44.5. The van der Waals surface area contributed by atoms with Gasteiger partial charge in [0, 0.05) is 38.5 Å². The van der Waals surface area contributed by atoms with E-state index in [-0.39, 0.29) is 37.0 Å². The first-order valence-electron chi connectivity index (χ1n) is 7.48. The highest BCUT2D eigenvalue weighted by atomic mass is 16.4. The Hall–Kier alpha value is -2.90. The lowest BCUT2D eigenvalue weighted by molar-refractivity contribution is -0.136. The van der Waals surface area contributed by atoms with Gasteiger partial charge in [0.2, 0.25) is 17.7 Å². The summed E-state index contributed by atoms with van der Waals surface area (Å²) in [5, 5.41) is 16.5. The van der Waals surface area contributed by atoms with Crippen LogP contribution in [0.1, 0.15) is 25.3 Å². The Morgan fingerprint density at radius 1 is 0.917 bits per heavy atom. The van der Waals surface area contributed by atoms with Crippen molar-refractivity contribution in [2.45, 2.75) is 26.2 Å². The quantitative estimate of drug-likeness (QED) is 0.483. The van der Waals surface area contributed by atoms with Gasteiger partial charge in [-0.25, -0.2) is 0 Å². The monoisotopic (exact) mass is 335 g/mol. The van der Waals surface area contributed by atoms with E-state index in [1.54, 1.807) is 24.3 Å². The van der Waals surface area contributed by atoms with E-state index < -0.39 is 5.97 Å². The van der Waals surface area contributed by atoms with Crippen molar-refractivity contribution in [1.29, 1.82) is 0 Å². The van der Waals surface area contributed by atoms with Crippen molar-refractivity contribution in [3.05, 3.63) is 29.8 Å². The van der Waals surface area contributed by atoms with E-state index in [0.717, 1.165) is 0 Å². The Kier molecular flexibility index (Phi) is 7.97. The molecule has 24 heavy (non-hydrogen) atoms. The van der Waals surface area contributed by atoms with Crippen LogP contribution in [0.3, 0.4) is 0 Å². The van der Waals surface area contributed by atoms with E-state index in [9.17, 15) is 19.2 Å². The van der Waals surface area contributed by atoms with Crippen molar-refractivity contribution < 1.29 is 24.3 Å². The highest BCUT2D eigenvalue weighted by Crippen LogP contribution is 2.10. The molecule has 8 heteroatoms. The van der Waals surface area contributed by atoms with E-state index in [2.05, 4.69) is 16.0 Å². The molecule has 0 radical (unpaired) electrons. The van der Waals surface area contributed by atoms with E-state index in [4.69, 9.17) is 5.11 Å². The van der Waals surface area contributed by atoms with Crippen LogP contribution in [0.15, 0.2) is 24.3 Å². The van der Waals surface area contributed by atoms with Crippen LogP contribution in [0.5, 0.6) is 0 Å². The third-order valence-corrected chi connectivity index (χ3v) is 2.99. The molecule has 1 aromatic rings. The molecule has 0 spiro atoms. The van der Waals surface area contributed by atoms with Gasteiger partial charge in [-0.15, -0.1) is 0 Å². The van der Waals surface area contributed by atoms with Gasteiger partial charge in [-0.2, -0.15) is 0 Å². The second kappa shape index (κ2) is 9.98. The molecule has 0 aromatic heterocycles. The first kappa shape index (κ1) is 19.1. The average molecular weight is 335 g/mol. The second-order valence-electron chi connectivity index (χ2n) is 5.15. The van der Waals surface area contributed by atoms with E-state index in [1.807, 2.05) is 0 Å². The number of carboxylic acids is 1. The summed E-state index contributed by atoms with van der Waals surface area (Å²) in [6.45, 7) is 2.04. The zero-order valence-corrected chi connectivity index (χ0v) is 13.4. The molecule has 0 aliphatic heterocycles. The van der Waals surface area contributed by atoms with Crippen LogP contribution in [0.25, 0.3) is 0 Å². The fourth-order valence-corrected chi connectivity index (χ4v) is 1.86. The summed E-state index contributed by atoms with van der Waals surface area (Å²) in [7, 11) is 0. The van der Waals surface area contributed by atoms with Gasteiger partial charge in [0.15, 0.2) is 0 Å². The Morgan fingerprint density at radius 2 is 1.50 bits per heavy atom. The first-order chi connectivity index (χ1) is 11.4. The molecular weight excluding hydrogens is 314 g/mol. The van der Waals surface area contributed by atoms with E-state index in [1.165, 1.54) is 6.92 Å². The minimum Gasteiger partial charge on any atom is -0.481 e. The van der Waals surface area contributed by atoms with E-state index in [0.29, 0.717) is 24.3 Å². The molecule has 3 amide bonds. The van der Waals surface area contributed by atoms with Gasteiger partial charge >= 0.3 is 5.97 Å². The van der Waals surface area contributed by atoms with Gasteiger partial charge in [0.05, 0.1) is 6.42 Å². The molecule has 0 aliphatic rings. The Labute approximate surface area is 139 Å². The number of hydrogen-bond acceptors (Lipinski definition) is 4. The van der Waals surface area contributed by atoms with Crippen LogP contribution >= 0.6 is 0 Å². The van der Waals surface area contributed by atoms with Crippen LogP contribution in [0.4, 0.5) is 5.69 Å². The fourth-order valence-electron chi connectivity index (χ4n) is 1.86. The first-order valence-corrected chi connectivity index (χ1v) is 7.48. The molecule has 0 atom stereocenters. The molecule has 0 bridgehead atoms. The van der Waals surface area contributed by atoms with Crippen LogP contribution in [0.2, 0.25) is 0 Å². The molecule has 0 heterocycles. The summed E-state index contributed by atoms with van der Waals surface area (Å²) in [5.41, 5.74) is 1.18. The summed E-state index contributed by atoms with van der Waals surface area (Å²) in [6, 6.07) is 6.48. The van der Waals surface area contributed by atoms with Crippen molar-refractivity contribution >= 4 is 29.4 Å². The minimum absolute atomic E-state index is 0.0306. The second-order valence-corrected chi connectivity index (χ2v) is 5.15. The van der Waals surface area contributed by atoms with Gasteiger partial charge in [-0.1, -0.05) is 12.1 Å². The predicted octanol–water partition coefficient (Wildman–Crippen LogP) is 0.285. The van der Waals surface area contributed by atoms with Crippen molar-refractivity contribution in [1.82, 2.24) is 10.6 Å². The number of nitrogens with one attached hydrogen (secondary N) is 3. The minimum atomic E-state index is -0.920. The van der Waals surface area contributed by atoms with Gasteiger partial charge < -0.3 is 21.1 Å². The van der Waals surface area contributed by atoms with Crippen molar-refractivity contribution in [3.8, 4) is 0 Å². The molecule has 8 nitrogen and oxygen atoms in total. The summed E-state index contributed by atoms with van der Waals surface area (Å²) in [6.07, 6.45) is -0.00126. The molecule has 130 valence electrons. The van der Waals surface area contributed by atoms with Gasteiger partial charge in [-0.05, 0) is 17.7 Å². The number of aliphatic carboxylic acids is 1. The van der Waals surface area contributed by atoms with Crippen molar-refractivity contribution in [2.75, 3.05) is 18.4 Å². The van der Waals surface area contributed by atoms with Crippen LogP contribution in [-0.2, 0) is 25.6 Å². The maximum Gasteiger partial charge on any atom is 0.307 e. The Balaban J connectivity index is 2.27. The van der Waals surface area contributed by atoms with Crippen LogP contribution in [0, 0.1) is 0 Å². The maximum atomic E-state index is 11.8. The number of carbonyl (C=O) groups is 4. The smallest absolute Gasteiger partial charge is 0.307 e. The van der Waals surface area contributed by atoms with Crippen molar-refractivity contribution in [3.63, 3.8) is 0 Å². The summed E-state index contributed by atoms with van der Waals surface area (Å²) < 4.78 is 0. The molecule has 1 rings (SSSR count). The molecule has 0 aliphatic carbocycles. The molecule has 0 unspecified atom stereocenters. The van der Waals surface area contributed by atoms with Crippen LogP contribution in [-0.4, -0.2) is 41.9 Å². The lowest BCUT2D eigenvalue weighted by Crippen LogP contribution is -2.33. The molecule has 0 saturated carbocycles. The Morgan fingerprint density at radius 3 is 2.08 bits per heavy atom. The average Bonchev–Trinajstić information content (AvgIpc) is 2.51. The number of hydrogen-bond donors (Lipinski definition) is 4. The molecule has 1 aromatic carbocycles. The zero-order chi connectivity index (χ0) is 17.9. The Bertz CT molecular complexity index is 598. The third-order valence-electron chi connectivity index (χ3n) is 2.99. The normalized spacial score (nSPS) is 9.88. The highest BCUT2D eigenvalue weighted by Gasteiger charge is 2.07. The van der Waals surface area contributed by atoms with Gasteiger partial charge in [-0.3, -0.25) is 19.2 Å². The number of rotatable bonds is 9. The fraction of sp³-hybridized carbons (Fsp3) is 0.375.